The largest absolute Gasteiger partial charge is 0.490 e. The number of benzene rings is 2. The maximum atomic E-state index is 13.1. The third kappa shape index (κ3) is 5.72. The predicted octanol–water partition coefficient (Wildman–Crippen LogP) is 6.86. The lowest BCUT2D eigenvalue weighted by Crippen LogP contribution is -2.11. The van der Waals surface area contributed by atoms with Gasteiger partial charge in [-0.3, -0.25) is 10.2 Å². The number of allylic oxidation sites excluding steroid dienone is 1. The Kier molecular flexibility index (Phi) is 8.43. The zero-order valence-corrected chi connectivity index (χ0v) is 23.8. The molecule has 1 aliphatic rings. The third-order valence-electron chi connectivity index (χ3n) is 4.94. The summed E-state index contributed by atoms with van der Waals surface area (Å²) in [7, 11) is 0. The van der Waals surface area contributed by atoms with Crippen molar-refractivity contribution in [1.29, 1.82) is 5.41 Å². The fraction of sp³-hybridized carbons (Fsp3) is 0.250. The Labute approximate surface area is 228 Å². The fourth-order valence-corrected chi connectivity index (χ4v) is 6.30. The van der Waals surface area contributed by atoms with Crippen molar-refractivity contribution in [3.05, 3.63) is 70.5 Å². The Bertz CT molecular complexity index is 1260. The molecule has 0 spiro atoms. The Morgan fingerprint density at radius 3 is 2.62 bits per heavy atom. The van der Waals surface area contributed by atoms with Gasteiger partial charge in [-0.25, -0.2) is 0 Å². The maximum absolute atomic E-state index is 13.1. The number of aromatic nitrogens is 2. The zero-order valence-electron chi connectivity index (χ0n) is 18.4. The van der Waals surface area contributed by atoms with Crippen LogP contribution in [0.5, 0.6) is 11.5 Å². The highest BCUT2D eigenvalue weighted by Gasteiger charge is 2.39. The summed E-state index contributed by atoms with van der Waals surface area (Å²) in [5, 5.41) is 18.4. The highest BCUT2D eigenvalue weighted by atomic mass is 127. The smallest absolute Gasteiger partial charge is 0.186 e. The van der Waals surface area contributed by atoms with Crippen molar-refractivity contribution in [3.63, 3.8) is 0 Å². The number of thioether (sulfide) groups is 1. The number of ketones is 1. The van der Waals surface area contributed by atoms with Crippen molar-refractivity contribution in [3.8, 4) is 11.5 Å². The second-order valence-electron chi connectivity index (χ2n) is 7.34. The molecule has 1 N–H and O–H groups in total. The van der Waals surface area contributed by atoms with Gasteiger partial charge in [-0.2, -0.15) is 0 Å². The monoisotopic (exact) mass is 669 g/mol. The van der Waals surface area contributed by atoms with Gasteiger partial charge in [0.05, 0.1) is 20.1 Å². The number of carbonyl (C=O) groups is 1. The molecule has 1 aliphatic heterocycles. The molecule has 6 nitrogen and oxygen atoms in total. The number of hydrogen-bond acceptors (Lipinski definition) is 8. The van der Waals surface area contributed by atoms with Gasteiger partial charge in [-0.05, 0) is 77.4 Å². The normalized spacial score (nSPS) is 16.9. The summed E-state index contributed by atoms with van der Waals surface area (Å²) in [4.78, 5) is 13.6. The first-order valence-corrected chi connectivity index (χ1v) is 14.1. The second kappa shape index (κ2) is 11.3. The first-order chi connectivity index (χ1) is 16.4. The molecule has 10 heteroatoms. The van der Waals surface area contributed by atoms with E-state index in [1.165, 1.54) is 23.1 Å². The summed E-state index contributed by atoms with van der Waals surface area (Å²) in [5.41, 5.74) is 1.87. The minimum atomic E-state index is -0.659. The van der Waals surface area contributed by atoms with Crippen LogP contribution in [0, 0.1) is 8.98 Å². The van der Waals surface area contributed by atoms with Gasteiger partial charge >= 0.3 is 0 Å². The summed E-state index contributed by atoms with van der Waals surface area (Å²) >= 11 is 8.25. The molecule has 0 unspecified atom stereocenters. The first kappa shape index (κ1) is 25.3. The van der Waals surface area contributed by atoms with Crippen LogP contribution in [0.1, 0.15) is 40.9 Å². The van der Waals surface area contributed by atoms with Crippen molar-refractivity contribution >= 4 is 78.5 Å². The van der Waals surface area contributed by atoms with E-state index in [0.717, 1.165) is 30.6 Å². The van der Waals surface area contributed by atoms with Gasteiger partial charge in [0.2, 0.25) is 0 Å². The summed E-state index contributed by atoms with van der Waals surface area (Å²) in [6, 6.07) is 11.8. The van der Waals surface area contributed by atoms with Crippen LogP contribution in [0.3, 0.4) is 0 Å². The van der Waals surface area contributed by atoms with E-state index in [0.29, 0.717) is 34.6 Å². The van der Waals surface area contributed by atoms with Crippen molar-refractivity contribution < 1.29 is 14.3 Å². The van der Waals surface area contributed by atoms with Crippen LogP contribution in [-0.2, 0) is 17.8 Å². The SMILES string of the molecule is CCOc1cc(/C=C2\SC(=N)[C@H](c3nnc(CC)s3)C2=O)cc(I)c1OCc1ccc(Br)cc1. The van der Waals surface area contributed by atoms with E-state index >= 15 is 0 Å². The Morgan fingerprint density at radius 2 is 1.94 bits per heavy atom. The molecule has 0 radical (unpaired) electrons. The van der Waals surface area contributed by atoms with Gasteiger partial charge in [0.15, 0.2) is 17.3 Å². The van der Waals surface area contributed by atoms with Crippen LogP contribution in [0.15, 0.2) is 45.8 Å². The van der Waals surface area contributed by atoms with Crippen LogP contribution in [0.4, 0.5) is 0 Å². The van der Waals surface area contributed by atoms with Gasteiger partial charge in [-0.1, -0.05) is 46.7 Å². The lowest BCUT2D eigenvalue weighted by atomic mass is 10.0. The minimum Gasteiger partial charge on any atom is -0.490 e. The number of carbonyl (C=O) groups excluding carboxylic acids is 1. The van der Waals surface area contributed by atoms with Crippen LogP contribution >= 0.6 is 61.6 Å². The lowest BCUT2D eigenvalue weighted by molar-refractivity contribution is -0.114. The first-order valence-electron chi connectivity index (χ1n) is 10.6. The lowest BCUT2D eigenvalue weighted by Gasteiger charge is -2.15. The van der Waals surface area contributed by atoms with E-state index in [4.69, 9.17) is 14.9 Å². The number of Topliss-reactive ketones (excluding diaryl/α,β-unsaturated/α-hetero) is 1. The fourth-order valence-electron chi connectivity index (χ4n) is 3.30. The van der Waals surface area contributed by atoms with E-state index in [9.17, 15) is 4.79 Å². The molecule has 0 aliphatic carbocycles. The van der Waals surface area contributed by atoms with Crippen molar-refractivity contribution in [2.75, 3.05) is 6.61 Å². The summed E-state index contributed by atoms with van der Waals surface area (Å²) in [6.45, 7) is 4.82. The number of halogens is 2. The van der Waals surface area contributed by atoms with Gasteiger partial charge in [0.1, 0.15) is 22.5 Å². The van der Waals surface area contributed by atoms with E-state index < -0.39 is 5.92 Å². The van der Waals surface area contributed by atoms with Crippen molar-refractivity contribution in [2.24, 2.45) is 0 Å². The summed E-state index contributed by atoms with van der Waals surface area (Å²) < 4.78 is 13.9. The van der Waals surface area contributed by atoms with E-state index in [2.05, 4.69) is 48.7 Å². The maximum Gasteiger partial charge on any atom is 0.186 e. The number of ether oxygens (including phenoxy) is 2. The molecule has 1 saturated heterocycles. The average Bonchev–Trinajstić information content (AvgIpc) is 3.38. The summed E-state index contributed by atoms with van der Waals surface area (Å²) in [6.07, 6.45) is 2.57. The van der Waals surface area contributed by atoms with Crippen molar-refractivity contribution in [1.82, 2.24) is 10.2 Å². The average molecular weight is 670 g/mol. The van der Waals surface area contributed by atoms with Crippen LogP contribution in [0.2, 0.25) is 0 Å². The van der Waals surface area contributed by atoms with Crippen molar-refractivity contribution in [2.45, 2.75) is 32.8 Å². The highest BCUT2D eigenvalue weighted by molar-refractivity contribution is 14.1. The van der Waals surface area contributed by atoms with Crippen LogP contribution in [-0.4, -0.2) is 27.6 Å². The highest BCUT2D eigenvalue weighted by Crippen LogP contribution is 2.42. The molecule has 2 heterocycles. The number of aryl methyl sites for hydroxylation is 1. The van der Waals surface area contributed by atoms with Crippen LogP contribution in [0.25, 0.3) is 6.08 Å². The molecule has 0 amide bonds. The number of nitrogens with zero attached hydrogens (tertiary/aromatic N) is 2. The molecular formula is C24H21BrIN3O3S2. The topological polar surface area (TPSA) is 85.2 Å². The molecule has 34 heavy (non-hydrogen) atoms. The van der Waals surface area contributed by atoms with Crippen LogP contribution < -0.4 is 9.47 Å². The quantitative estimate of drug-likeness (QED) is 0.208. The number of nitrogens with one attached hydrogen (secondary N) is 1. The van der Waals surface area contributed by atoms with Gasteiger partial charge < -0.3 is 9.47 Å². The molecule has 0 saturated carbocycles. The molecular weight excluding hydrogens is 649 g/mol. The molecule has 0 bridgehead atoms. The summed E-state index contributed by atoms with van der Waals surface area (Å²) in [5.74, 6) is 0.520. The number of rotatable bonds is 8. The zero-order chi connectivity index (χ0) is 24.2. The Morgan fingerprint density at radius 1 is 1.18 bits per heavy atom. The Balaban J connectivity index is 1.58. The van der Waals surface area contributed by atoms with E-state index in [-0.39, 0.29) is 10.8 Å². The van der Waals surface area contributed by atoms with Gasteiger partial charge in [0, 0.05) is 4.47 Å². The third-order valence-corrected chi connectivity index (χ3v) is 8.40. The molecule has 1 aromatic heterocycles. The predicted molar refractivity (Wildman–Crippen MR) is 149 cm³/mol. The molecule has 1 fully saturated rings. The van der Waals surface area contributed by atoms with Gasteiger partial charge in [-0.15, -0.1) is 21.5 Å². The molecule has 1 atom stereocenters. The standard InChI is InChI=1S/C24H21BrIN3O3S2/c1-3-19-28-29-24(34-19)20-21(30)18(33-23(20)27)11-14-9-16(26)22(17(10-14)31-4-2)32-12-13-5-7-15(25)8-6-13/h5-11,20,27H,3-4,12H2,1-2H3/b18-11-,27-23?/t20-/m1/s1. The Hall–Kier alpha value is -1.76. The van der Waals surface area contributed by atoms with E-state index in [1.807, 2.05) is 56.3 Å². The number of hydrogen-bond donors (Lipinski definition) is 1. The van der Waals surface area contributed by atoms with E-state index in [1.54, 1.807) is 0 Å². The molecule has 176 valence electrons. The minimum absolute atomic E-state index is 0.114. The van der Waals surface area contributed by atoms with Gasteiger partial charge in [0.25, 0.3) is 0 Å². The molecule has 2 aromatic carbocycles. The molecule has 4 rings (SSSR count). The molecule has 3 aromatic rings. The second-order valence-corrected chi connectivity index (χ2v) is 11.6.